The minimum atomic E-state index is -0.707. The number of nitrogens with one attached hydrogen (secondary N) is 2. The minimum absolute atomic E-state index is 0.0751. The van der Waals surface area contributed by atoms with Gasteiger partial charge >= 0.3 is 5.69 Å². The maximum atomic E-state index is 12.7. The van der Waals surface area contributed by atoms with Crippen LogP contribution >= 0.6 is 27.7 Å². The predicted molar refractivity (Wildman–Crippen MR) is 149 cm³/mol. The number of nitrogens with zero attached hydrogens (tertiary/aromatic N) is 5. The van der Waals surface area contributed by atoms with Crippen molar-refractivity contribution in [2.75, 3.05) is 5.32 Å². The Hall–Kier alpha value is -4.23. The number of benzene rings is 3. The summed E-state index contributed by atoms with van der Waals surface area (Å²) in [7, 11) is 0. The normalized spacial score (nSPS) is 11.8. The number of phenolic OH excluding ortho intramolecular Hbond substituents is 1. The molecule has 11 nitrogen and oxygen atoms in total. The highest BCUT2D eigenvalue weighted by atomic mass is 79.9. The summed E-state index contributed by atoms with van der Waals surface area (Å²) in [5, 5.41) is 37.0. The maximum absolute atomic E-state index is 12.7. The molecule has 194 valence electrons. The number of amides is 1. The number of nitro benzene ring substituents is 1. The molecule has 38 heavy (non-hydrogen) atoms. The van der Waals surface area contributed by atoms with Gasteiger partial charge in [0.05, 0.1) is 22.9 Å². The second-order valence-corrected chi connectivity index (χ2v) is 10.1. The van der Waals surface area contributed by atoms with Crippen molar-refractivity contribution in [1.82, 2.24) is 20.2 Å². The van der Waals surface area contributed by atoms with E-state index in [0.717, 1.165) is 17.6 Å². The number of hydrogen-bond donors (Lipinski definition) is 3. The highest BCUT2D eigenvalue weighted by Gasteiger charge is 2.21. The fourth-order valence-electron chi connectivity index (χ4n) is 3.38. The summed E-state index contributed by atoms with van der Waals surface area (Å²) in [4.78, 5) is 23.1. The first-order chi connectivity index (χ1) is 18.3. The molecule has 0 bridgehead atoms. The first-order valence-electron chi connectivity index (χ1n) is 11.3. The lowest BCUT2D eigenvalue weighted by molar-refractivity contribution is -0.385. The summed E-state index contributed by atoms with van der Waals surface area (Å²) in [6.45, 7) is 2.11. The zero-order chi connectivity index (χ0) is 27.1. The number of hydrazone groups is 1. The zero-order valence-corrected chi connectivity index (χ0v) is 22.4. The van der Waals surface area contributed by atoms with Crippen LogP contribution in [0.1, 0.15) is 18.3 Å². The Bertz CT molecular complexity index is 1470. The first kappa shape index (κ1) is 26.8. The van der Waals surface area contributed by atoms with Crippen LogP contribution in [0.3, 0.4) is 0 Å². The van der Waals surface area contributed by atoms with Crippen molar-refractivity contribution in [1.29, 1.82) is 0 Å². The number of para-hydroxylation sites is 2. The van der Waals surface area contributed by atoms with Gasteiger partial charge in [0.1, 0.15) is 0 Å². The third-order valence-electron chi connectivity index (χ3n) is 5.25. The van der Waals surface area contributed by atoms with E-state index in [1.165, 1.54) is 23.9 Å². The van der Waals surface area contributed by atoms with Crippen molar-refractivity contribution in [3.8, 4) is 11.4 Å². The number of hydrogen-bond acceptors (Lipinski definition) is 9. The fraction of sp³-hybridized carbons (Fsp3) is 0.120. The van der Waals surface area contributed by atoms with E-state index in [0.29, 0.717) is 22.0 Å². The molecule has 0 spiro atoms. The van der Waals surface area contributed by atoms with Gasteiger partial charge in [-0.15, -0.1) is 10.2 Å². The van der Waals surface area contributed by atoms with Crippen molar-refractivity contribution >= 4 is 51.2 Å². The van der Waals surface area contributed by atoms with Gasteiger partial charge in [0.25, 0.3) is 5.91 Å². The molecule has 13 heteroatoms. The van der Waals surface area contributed by atoms with Crippen molar-refractivity contribution in [3.05, 3.63) is 98.8 Å². The molecule has 1 atom stereocenters. The minimum Gasteiger partial charge on any atom is -0.502 e. The highest BCUT2D eigenvalue weighted by Crippen LogP contribution is 2.32. The van der Waals surface area contributed by atoms with Gasteiger partial charge in [0.2, 0.25) is 5.75 Å². The Kier molecular flexibility index (Phi) is 8.71. The lowest BCUT2D eigenvalue weighted by Crippen LogP contribution is -2.27. The van der Waals surface area contributed by atoms with Crippen molar-refractivity contribution in [3.63, 3.8) is 0 Å². The van der Waals surface area contributed by atoms with E-state index < -0.39 is 27.5 Å². The fourth-order valence-corrected chi connectivity index (χ4v) is 4.72. The molecule has 0 aliphatic heterocycles. The Labute approximate surface area is 230 Å². The Balaban J connectivity index is 1.48. The number of thioether (sulfide) groups is 1. The van der Waals surface area contributed by atoms with E-state index in [-0.39, 0.29) is 5.56 Å². The number of rotatable bonds is 10. The molecule has 0 aliphatic carbocycles. The van der Waals surface area contributed by atoms with E-state index in [1.807, 2.05) is 65.2 Å². The van der Waals surface area contributed by atoms with Gasteiger partial charge in [-0.3, -0.25) is 19.5 Å². The summed E-state index contributed by atoms with van der Waals surface area (Å²) < 4.78 is 2.27. The molecule has 4 rings (SSSR count). The van der Waals surface area contributed by atoms with Crippen molar-refractivity contribution in [2.24, 2.45) is 5.10 Å². The lowest BCUT2D eigenvalue weighted by atomic mass is 10.2. The number of anilines is 1. The molecule has 1 heterocycles. The van der Waals surface area contributed by atoms with Crippen LogP contribution in [0, 0.1) is 10.1 Å². The van der Waals surface area contributed by atoms with Crippen LogP contribution in [0.25, 0.3) is 5.69 Å². The predicted octanol–water partition coefficient (Wildman–Crippen LogP) is 4.89. The maximum Gasteiger partial charge on any atom is 0.312 e. The molecular weight excluding hydrogens is 574 g/mol. The average Bonchev–Trinajstić information content (AvgIpc) is 3.32. The van der Waals surface area contributed by atoms with Crippen LogP contribution in [0.4, 0.5) is 11.4 Å². The van der Waals surface area contributed by atoms with E-state index in [4.69, 9.17) is 0 Å². The second kappa shape index (κ2) is 12.3. The van der Waals surface area contributed by atoms with Gasteiger partial charge in [0.15, 0.2) is 11.0 Å². The molecule has 0 aliphatic rings. The number of aromatic hydroxyl groups is 1. The summed E-state index contributed by atoms with van der Waals surface area (Å²) in [6.07, 6.45) is 1.14. The van der Waals surface area contributed by atoms with Crippen molar-refractivity contribution < 1.29 is 14.8 Å². The Morgan fingerprint density at radius 2 is 1.87 bits per heavy atom. The Morgan fingerprint density at radius 1 is 1.18 bits per heavy atom. The quantitative estimate of drug-likeness (QED) is 0.102. The summed E-state index contributed by atoms with van der Waals surface area (Å²) in [5.41, 5.74) is 3.79. The van der Waals surface area contributed by atoms with Crippen LogP contribution in [0.5, 0.6) is 5.75 Å². The van der Waals surface area contributed by atoms with Crippen LogP contribution in [0.15, 0.2) is 87.5 Å². The largest absolute Gasteiger partial charge is 0.502 e. The molecule has 1 aromatic heterocycles. The van der Waals surface area contributed by atoms with Gasteiger partial charge in [-0.2, -0.15) is 5.10 Å². The number of nitro groups is 1. The molecule has 3 N–H and O–H groups in total. The molecular formula is C25H22BrN7O4S. The summed E-state index contributed by atoms with van der Waals surface area (Å²) >= 11 is 4.36. The Morgan fingerprint density at radius 3 is 2.55 bits per heavy atom. The van der Waals surface area contributed by atoms with E-state index in [9.17, 15) is 20.0 Å². The molecule has 0 saturated carbocycles. The van der Waals surface area contributed by atoms with Gasteiger partial charge in [-0.05, 0) is 37.3 Å². The average molecular weight is 596 g/mol. The van der Waals surface area contributed by atoms with Gasteiger partial charge in [-0.1, -0.05) is 64.1 Å². The molecule has 0 fully saturated rings. The van der Waals surface area contributed by atoms with Crippen LogP contribution in [-0.2, 0) is 11.3 Å². The number of phenols is 1. The van der Waals surface area contributed by atoms with Gasteiger partial charge < -0.3 is 10.4 Å². The number of halogens is 1. The highest BCUT2D eigenvalue weighted by molar-refractivity contribution is 9.10. The molecule has 4 aromatic rings. The molecule has 0 radical (unpaired) electrons. The number of aromatic nitrogens is 3. The topological polar surface area (TPSA) is 148 Å². The van der Waals surface area contributed by atoms with E-state index in [1.54, 1.807) is 6.92 Å². The standard InChI is InChI=1S/C25H22BrN7O4S/c1-16(24(35)30-28-14-17-12-18(26)13-21(23(17)34)33(36)37)38-25-31-29-22(15-27-19-8-4-2-5-9-19)32(25)20-10-6-3-7-11-20/h2-14,16,27,34H,15H2,1H3,(H,30,35). The molecule has 3 aromatic carbocycles. The van der Waals surface area contributed by atoms with E-state index in [2.05, 4.69) is 42.0 Å². The van der Waals surface area contributed by atoms with Crippen LogP contribution in [0.2, 0.25) is 0 Å². The van der Waals surface area contributed by atoms with Gasteiger partial charge in [0, 0.05) is 27.5 Å². The monoisotopic (exact) mass is 595 g/mol. The summed E-state index contributed by atoms with van der Waals surface area (Å²) in [6, 6.07) is 21.9. The smallest absolute Gasteiger partial charge is 0.312 e. The van der Waals surface area contributed by atoms with Crippen LogP contribution in [-0.4, -0.2) is 42.2 Å². The number of carbonyl (C=O) groups excluding carboxylic acids is 1. The van der Waals surface area contributed by atoms with E-state index >= 15 is 0 Å². The van der Waals surface area contributed by atoms with Crippen molar-refractivity contribution in [2.45, 2.75) is 23.9 Å². The lowest BCUT2D eigenvalue weighted by Gasteiger charge is -2.13. The molecule has 1 unspecified atom stereocenters. The first-order valence-corrected chi connectivity index (χ1v) is 13.0. The van der Waals surface area contributed by atoms with Crippen LogP contribution < -0.4 is 10.7 Å². The third-order valence-corrected chi connectivity index (χ3v) is 6.75. The second-order valence-electron chi connectivity index (χ2n) is 7.90. The zero-order valence-electron chi connectivity index (χ0n) is 20.0. The summed E-state index contributed by atoms with van der Waals surface area (Å²) in [5.74, 6) is -0.312. The third kappa shape index (κ3) is 6.55. The number of carbonyl (C=O) groups is 1. The SMILES string of the molecule is CC(Sc1nnc(CNc2ccccc2)n1-c1ccccc1)C(=O)NN=Cc1cc(Br)cc([N+](=O)[O-])c1O. The molecule has 1 amide bonds. The van der Waals surface area contributed by atoms with Gasteiger partial charge in [-0.25, -0.2) is 5.43 Å². The molecule has 0 saturated heterocycles.